The molecule has 1 aliphatic rings. The molecular weight excluding hydrogens is 377 g/mol. The minimum absolute atomic E-state index is 0.0113. The first-order chi connectivity index (χ1) is 13.4. The first-order valence-electron chi connectivity index (χ1n) is 8.75. The first kappa shape index (κ1) is 19.8. The van der Waals surface area contributed by atoms with E-state index < -0.39 is 28.1 Å². The molecule has 0 N–H and O–H groups in total. The molecule has 0 heterocycles. The summed E-state index contributed by atoms with van der Waals surface area (Å²) >= 11 is 0. The molecule has 0 saturated heterocycles. The zero-order valence-corrected chi connectivity index (χ0v) is 15.4. The molecule has 0 aromatic heterocycles. The molecule has 1 fully saturated rings. The predicted molar refractivity (Wildman–Crippen MR) is 96.3 cm³/mol. The van der Waals surface area contributed by atoms with Gasteiger partial charge in [0.1, 0.15) is 11.5 Å². The average molecular weight is 396 g/mol. The maximum atomic E-state index is 14.5. The fourth-order valence-electron chi connectivity index (χ4n) is 3.04. The van der Waals surface area contributed by atoms with Gasteiger partial charge in [-0.3, -0.25) is 10.1 Å². The van der Waals surface area contributed by atoms with Gasteiger partial charge in [-0.1, -0.05) is 0 Å². The van der Waals surface area contributed by atoms with Gasteiger partial charge in [0.15, 0.2) is 11.6 Å². The second-order valence-electron chi connectivity index (χ2n) is 6.36. The van der Waals surface area contributed by atoms with Crippen LogP contribution in [-0.2, 0) is 6.54 Å². The fourth-order valence-corrected chi connectivity index (χ4v) is 3.04. The van der Waals surface area contributed by atoms with Crippen LogP contribution in [0.4, 0.5) is 24.5 Å². The van der Waals surface area contributed by atoms with Crippen molar-refractivity contribution < 1.29 is 27.6 Å². The average Bonchev–Trinajstić information content (AvgIpc) is 3.49. The van der Waals surface area contributed by atoms with Crippen molar-refractivity contribution in [3.63, 3.8) is 0 Å². The van der Waals surface area contributed by atoms with E-state index in [4.69, 9.17) is 9.47 Å². The minimum atomic E-state index is -1.05. The third-order valence-electron chi connectivity index (χ3n) is 4.52. The van der Waals surface area contributed by atoms with Gasteiger partial charge in [0.05, 0.1) is 36.4 Å². The lowest BCUT2D eigenvalue weighted by Crippen LogP contribution is -2.27. The van der Waals surface area contributed by atoms with E-state index >= 15 is 0 Å². The van der Waals surface area contributed by atoms with Crippen molar-refractivity contribution in [2.45, 2.75) is 32.4 Å². The summed E-state index contributed by atoms with van der Waals surface area (Å²) in [7, 11) is 1.31. The molecule has 28 heavy (non-hydrogen) atoms. The molecular formula is C19H19F3N2O4. The van der Waals surface area contributed by atoms with Crippen LogP contribution in [0.2, 0.25) is 0 Å². The minimum Gasteiger partial charge on any atom is -0.494 e. The van der Waals surface area contributed by atoms with Crippen molar-refractivity contribution in [1.29, 1.82) is 0 Å². The van der Waals surface area contributed by atoms with Crippen LogP contribution in [0.25, 0.3) is 0 Å². The van der Waals surface area contributed by atoms with E-state index in [1.807, 2.05) is 0 Å². The molecule has 0 spiro atoms. The summed E-state index contributed by atoms with van der Waals surface area (Å²) in [4.78, 5) is 12.0. The van der Waals surface area contributed by atoms with Gasteiger partial charge in [0, 0.05) is 18.2 Å². The number of nitro groups is 1. The lowest BCUT2D eigenvalue weighted by atomic mass is 10.1. The molecule has 9 heteroatoms. The Morgan fingerprint density at radius 1 is 1.18 bits per heavy atom. The van der Waals surface area contributed by atoms with Gasteiger partial charge in [0.25, 0.3) is 0 Å². The van der Waals surface area contributed by atoms with Gasteiger partial charge < -0.3 is 14.4 Å². The third kappa shape index (κ3) is 3.83. The summed E-state index contributed by atoms with van der Waals surface area (Å²) in [5, 5.41) is 11.2. The Labute approximate surface area is 159 Å². The topological polar surface area (TPSA) is 64.8 Å². The maximum Gasteiger partial charge on any atom is 0.307 e. The summed E-state index contributed by atoms with van der Waals surface area (Å²) in [6, 6.07) is 4.25. The Morgan fingerprint density at radius 3 is 2.46 bits per heavy atom. The van der Waals surface area contributed by atoms with Crippen LogP contribution in [0.3, 0.4) is 0 Å². The van der Waals surface area contributed by atoms with Gasteiger partial charge in [-0.05, 0) is 31.9 Å². The van der Waals surface area contributed by atoms with Gasteiger partial charge in [0.2, 0.25) is 5.82 Å². The molecule has 6 nitrogen and oxygen atoms in total. The molecule has 0 atom stereocenters. The summed E-state index contributed by atoms with van der Waals surface area (Å²) in [5.74, 6) is -2.85. The Bertz CT molecular complexity index is 903. The van der Waals surface area contributed by atoms with Crippen molar-refractivity contribution in [2.24, 2.45) is 0 Å². The Morgan fingerprint density at radius 2 is 1.89 bits per heavy atom. The van der Waals surface area contributed by atoms with Crippen molar-refractivity contribution in [3.8, 4) is 11.5 Å². The van der Waals surface area contributed by atoms with Gasteiger partial charge in [-0.2, -0.15) is 4.39 Å². The molecule has 0 aliphatic heterocycles. The number of anilines is 1. The highest BCUT2D eigenvalue weighted by atomic mass is 19.2. The van der Waals surface area contributed by atoms with Gasteiger partial charge >= 0.3 is 5.69 Å². The zero-order valence-electron chi connectivity index (χ0n) is 15.4. The Kier molecular flexibility index (Phi) is 5.62. The van der Waals surface area contributed by atoms with Crippen LogP contribution in [-0.4, -0.2) is 24.7 Å². The van der Waals surface area contributed by atoms with Gasteiger partial charge in [-0.25, -0.2) is 8.78 Å². The number of nitro benzene ring substituents is 1. The number of ether oxygens (including phenoxy) is 2. The summed E-state index contributed by atoms with van der Waals surface area (Å²) in [5.41, 5.74) is -0.488. The van der Waals surface area contributed by atoms with Gasteiger partial charge in [-0.15, -0.1) is 0 Å². The fraction of sp³-hybridized carbons (Fsp3) is 0.368. The molecule has 1 aliphatic carbocycles. The van der Waals surface area contributed by atoms with E-state index in [1.54, 1.807) is 11.8 Å². The van der Waals surface area contributed by atoms with Crippen molar-refractivity contribution >= 4 is 11.4 Å². The third-order valence-corrected chi connectivity index (χ3v) is 4.52. The van der Waals surface area contributed by atoms with Crippen molar-refractivity contribution in [3.05, 3.63) is 57.4 Å². The lowest BCUT2D eigenvalue weighted by molar-refractivity contribution is -0.387. The van der Waals surface area contributed by atoms with Crippen molar-refractivity contribution in [1.82, 2.24) is 0 Å². The highest BCUT2D eigenvalue weighted by molar-refractivity contribution is 5.65. The number of rotatable bonds is 8. The molecule has 0 unspecified atom stereocenters. The van der Waals surface area contributed by atoms with Crippen LogP contribution in [0.1, 0.15) is 25.3 Å². The zero-order chi connectivity index (χ0) is 20.4. The number of halogens is 3. The molecule has 150 valence electrons. The number of hydrogen-bond donors (Lipinski definition) is 0. The molecule has 0 bridgehead atoms. The van der Waals surface area contributed by atoms with Crippen LogP contribution < -0.4 is 14.4 Å². The Hall–Kier alpha value is -2.97. The lowest BCUT2D eigenvalue weighted by Gasteiger charge is -2.27. The Balaban J connectivity index is 2.09. The van der Waals surface area contributed by atoms with E-state index in [-0.39, 0.29) is 41.9 Å². The number of nitrogens with zero attached hydrogens (tertiary/aromatic N) is 2. The van der Waals surface area contributed by atoms with Crippen molar-refractivity contribution in [2.75, 3.05) is 18.6 Å². The van der Waals surface area contributed by atoms with Crippen LogP contribution in [0.15, 0.2) is 24.3 Å². The second-order valence-corrected chi connectivity index (χ2v) is 6.36. The monoisotopic (exact) mass is 396 g/mol. The SMILES string of the molecule is CCOc1ccc(F)c(F)c1CN(c1cc([N+](=O)[O-])c(F)cc1OC)C1CC1. The largest absolute Gasteiger partial charge is 0.494 e. The highest BCUT2D eigenvalue weighted by Crippen LogP contribution is 2.42. The smallest absolute Gasteiger partial charge is 0.307 e. The number of hydrogen-bond acceptors (Lipinski definition) is 5. The van der Waals surface area contributed by atoms with E-state index in [2.05, 4.69) is 0 Å². The molecule has 0 radical (unpaired) electrons. The maximum absolute atomic E-state index is 14.5. The molecule has 1 saturated carbocycles. The predicted octanol–water partition coefficient (Wildman–Crippen LogP) is 4.59. The molecule has 2 aromatic rings. The van der Waals surface area contributed by atoms with Crippen LogP contribution >= 0.6 is 0 Å². The molecule has 3 rings (SSSR count). The second kappa shape index (κ2) is 7.95. The van der Waals surface area contributed by atoms with E-state index in [0.29, 0.717) is 0 Å². The summed E-state index contributed by atoms with van der Waals surface area (Å²) < 4.78 is 52.9. The highest BCUT2D eigenvalue weighted by Gasteiger charge is 2.34. The normalized spacial score (nSPS) is 13.3. The van der Waals surface area contributed by atoms with E-state index in [0.717, 1.165) is 31.0 Å². The number of methoxy groups -OCH3 is 1. The summed E-state index contributed by atoms with van der Waals surface area (Å²) in [6.07, 6.45) is 1.52. The van der Waals surface area contributed by atoms with Crippen LogP contribution in [0, 0.1) is 27.6 Å². The standard InChI is InChI=1S/C19H19F3N2O4/c1-3-28-17-7-6-13(20)19(22)12(17)10-23(11-4-5-11)16-9-15(24(25)26)14(21)8-18(16)27-2/h6-9,11H,3-5,10H2,1-2H3. The van der Waals surface area contributed by atoms with Crippen LogP contribution in [0.5, 0.6) is 11.5 Å². The molecule has 2 aromatic carbocycles. The number of benzene rings is 2. The van der Waals surface area contributed by atoms with E-state index in [9.17, 15) is 23.3 Å². The quantitative estimate of drug-likeness (QED) is 0.482. The summed E-state index contributed by atoms with van der Waals surface area (Å²) in [6.45, 7) is 1.87. The first-order valence-corrected chi connectivity index (χ1v) is 8.75. The van der Waals surface area contributed by atoms with E-state index in [1.165, 1.54) is 13.2 Å². The molecule has 0 amide bonds.